The van der Waals surface area contributed by atoms with E-state index in [9.17, 15) is 0 Å². The van der Waals surface area contributed by atoms with Gasteiger partial charge in [-0.2, -0.15) is 0 Å². The second-order valence-corrected chi connectivity index (χ2v) is 14.4. The van der Waals surface area contributed by atoms with Crippen LogP contribution in [0, 0.1) is 0 Å². The lowest BCUT2D eigenvalue weighted by Crippen LogP contribution is -2.15. The van der Waals surface area contributed by atoms with Crippen molar-refractivity contribution in [2.75, 3.05) is 4.90 Å². The van der Waals surface area contributed by atoms with Gasteiger partial charge in [-0.25, -0.2) is 0 Å². The van der Waals surface area contributed by atoms with E-state index in [2.05, 4.69) is 216 Å². The van der Waals surface area contributed by atoms with Gasteiger partial charge in [0.15, 0.2) is 0 Å². The largest absolute Gasteiger partial charge is 0.485 e. The zero-order chi connectivity index (χ0) is 36.3. The summed E-state index contributed by atoms with van der Waals surface area (Å²) in [6.45, 7) is 0. The first-order chi connectivity index (χ1) is 27.3. The van der Waals surface area contributed by atoms with Gasteiger partial charge in [0.25, 0.3) is 0 Å². The van der Waals surface area contributed by atoms with Gasteiger partial charge < -0.3 is 14.2 Å². The topological polar surface area (TPSA) is 17.4 Å². The van der Waals surface area contributed by atoms with E-state index < -0.39 is 0 Å². The molecule has 11 rings (SSSR count). The summed E-state index contributed by atoms with van der Waals surface area (Å²) in [7, 11) is 0. The van der Waals surface area contributed by atoms with Crippen molar-refractivity contribution in [2.24, 2.45) is 0 Å². The predicted molar refractivity (Wildman–Crippen MR) is 229 cm³/mol. The van der Waals surface area contributed by atoms with Crippen LogP contribution >= 0.6 is 0 Å². The molecule has 8 aromatic carbocycles. The van der Waals surface area contributed by atoms with Crippen molar-refractivity contribution < 1.29 is 4.74 Å². The molecule has 9 aromatic rings. The molecule has 1 aliphatic carbocycles. The quantitative estimate of drug-likeness (QED) is 0.171. The van der Waals surface area contributed by atoms with Crippen molar-refractivity contribution in [1.82, 2.24) is 4.57 Å². The highest BCUT2D eigenvalue weighted by molar-refractivity contribution is 6.14. The fourth-order valence-electron chi connectivity index (χ4n) is 8.75. The Kier molecular flexibility index (Phi) is 7.31. The molecule has 0 spiro atoms. The fraction of sp³-hybridized carbons (Fsp3) is 0.0385. The van der Waals surface area contributed by atoms with E-state index in [0.717, 1.165) is 28.5 Å². The highest BCUT2D eigenvalue weighted by Crippen LogP contribution is 2.47. The zero-order valence-electron chi connectivity index (χ0n) is 30.1. The fourth-order valence-corrected chi connectivity index (χ4v) is 8.75. The molecule has 0 saturated heterocycles. The molecule has 0 radical (unpaired) electrons. The van der Waals surface area contributed by atoms with Crippen LogP contribution < -0.4 is 9.64 Å². The third-order valence-corrected chi connectivity index (χ3v) is 11.3. The maximum atomic E-state index is 6.36. The molecule has 0 fully saturated rings. The van der Waals surface area contributed by atoms with Crippen LogP contribution in [0.1, 0.15) is 11.5 Å². The van der Waals surface area contributed by atoms with Crippen molar-refractivity contribution >= 4 is 49.6 Å². The SMILES string of the molecule is C1=CC2Oc3ccc4ccc(-c5ccc(N(c6ccc(-c7ccccc7)cc6)c6cccc7c8ccccc8n(-c8ccccc8)c67)cc5)cc4c3C2C=C1. The first-order valence-electron chi connectivity index (χ1n) is 19.0. The summed E-state index contributed by atoms with van der Waals surface area (Å²) in [5, 5.41) is 4.94. The van der Waals surface area contributed by atoms with Crippen molar-refractivity contribution in [3.63, 3.8) is 0 Å². The third-order valence-electron chi connectivity index (χ3n) is 11.3. The number of nitrogens with zero attached hydrogens (tertiary/aromatic N) is 2. The summed E-state index contributed by atoms with van der Waals surface area (Å²) in [6, 6.07) is 65.9. The summed E-state index contributed by atoms with van der Waals surface area (Å²) in [5.74, 6) is 1.22. The third kappa shape index (κ3) is 5.20. The normalized spacial score (nSPS) is 15.6. The van der Waals surface area contributed by atoms with Crippen LogP contribution in [0.4, 0.5) is 17.1 Å². The molecule has 2 heterocycles. The van der Waals surface area contributed by atoms with Gasteiger partial charge in [0.1, 0.15) is 11.9 Å². The number of hydrogen-bond donors (Lipinski definition) is 0. The Morgan fingerprint density at radius 1 is 0.473 bits per heavy atom. The van der Waals surface area contributed by atoms with Crippen molar-refractivity contribution in [3.05, 3.63) is 212 Å². The molecule has 2 unspecified atom stereocenters. The van der Waals surface area contributed by atoms with Gasteiger partial charge in [-0.05, 0) is 99.8 Å². The van der Waals surface area contributed by atoms with Gasteiger partial charge in [-0.3, -0.25) is 0 Å². The Balaban J connectivity index is 1.07. The molecule has 0 amide bonds. The first kappa shape index (κ1) is 31.4. The van der Waals surface area contributed by atoms with Crippen LogP contribution in [0.3, 0.4) is 0 Å². The molecular formula is C52H36N2O. The Morgan fingerprint density at radius 2 is 1.09 bits per heavy atom. The summed E-state index contributed by atoms with van der Waals surface area (Å²) >= 11 is 0. The number of anilines is 3. The highest BCUT2D eigenvalue weighted by atomic mass is 16.5. The van der Waals surface area contributed by atoms with Gasteiger partial charge in [-0.15, -0.1) is 0 Å². The number of rotatable bonds is 6. The molecule has 0 N–H and O–H groups in total. The monoisotopic (exact) mass is 704 g/mol. The summed E-state index contributed by atoms with van der Waals surface area (Å²) in [5.41, 5.74) is 12.8. The lowest BCUT2D eigenvalue weighted by molar-refractivity contribution is 0.269. The molecule has 260 valence electrons. The molecule has 3 nitrogen and oxygen atoms in total. The van der Waals surface area contributed by atoms with Gasteiger partial charge >= 0.3 is 0 Å². The molecule has 2 atom stereocenters. The van der Waals surface area contributed by atoms with E-state index in [0.29, 0.717) is 0 Å². The van der Waals surface area contributed by atoms with Crippen molar-refractivity contribution in [3.8, 4) is 33.7 Å². The van der Waals surface area contributed by atoms with Crippen molar-refractivity contribution in [1.29, 1.82) is 0 Å². The Labute approximate surface area is 320 Å². The maximum absolute atomic E-state index is 6.36. The molecule has 1 aliphatic heterocycles. The number of fused-ring (bicyclic) bond motifs is 8. The summed E-state index contributed by atoms with van der Waals surface area (Å²) in [4.78, 5) is 2.41. The lowest BCUT2D eigenvalue weighted by Gasteiger charge is -2.27. The highest BCUT2D eigenvalue weighted by Gasteiger charge is 2.33. The van der Waals surface area contributed by atoms with Gasteiger partial charge in [-0.1, -0.05) is 140 Å². The van der Waals surface area contributed by atoms with E-state index >= 15 is 0 Å². The van der Waals surface area contributed by atoms with E-state index in [4.69, 9.17) is 4.74 Å². The van der Waals surface area contributed by atoms with E-state index in [-0.39, 0.29) is 12.0 Å². The zero-order valence-corrected chi connectivity index (χ0v) is 30.1. The predicted octanol–water partition coefficient (Wildman–Crippen LogP) is 13.7. The van der Waals surface area contributed by atoms with Crippen LogP contribution in [0.25, 0.3) is 60.5 Å². The number of aromatic nitrogens is 1. The van der Waals surface area contributed by atoms with Crippen LogP contribution in [0.5, 0.6) is 5.75 Å². The molecule has 0 bridgehead atoms. The molecule has 3 heteroatoms. The van der Waals surface area contributed by atoms with E-state index in [1.807, 2.05) is 0 Å². The summed E-state index contributed by atoms with van der Waals surface area (Å²) < 4.78 is 8.78. The maximum Gasteiger partial charge on any atom is 0.128 e. The van der Waals surface area contributed by atoms with Crippen LogP contribution in [-0.4, -0.2) is 10.7 Å². The Hall–Kier alpha value is -7.10. The van der Waals surface area contributed by atoms with E-state index in [1.165, 1.54) is 60.4 Å². The first-order valence-corrected chi connectivity index (χ1v) is 19.0. The molecule has 1 aromatic heterocycles. The number of para-hydroxylation sites is 3. The average Bonchev–Trinajstić information content (AvgIpc) is 3.82. The molecule has 55 heavy (non-hydrogen) atoms. The minimum absolute atomic E-state index is 0.0614. The van der Waals surface area contributed by atoms with Gasteiger partial charge in [0, 0.05) is 39.3 Å². The number of ether oxygens (including phenoxy) is 1. The standard InChI is InChI=1S/C52H36N2O/c1-3-12-35(13-4-1)36-24-29-41(30-25-36)53(48-20-11-18-44-43-16-7-9-19-47(43)54(52(44)48)40-14-5-2-6-15-40)42-31-26-37(27-32-42)39-23-22-38-28-33-50-51(46(38)34-39)45-17-8-10-21-49(45)55-50/h1-34,45,49H. The Morgan fingerprint density at radius 3 is 1.87 bits per heavy atom. The van der Waals surface area contributed by atoms with Gasteiger partial charge in [0.05, 0.1) is 16.7 Å². The molecule has 2 aliphatic rings. The number of allylic oxidation sites excluding steroid dienone is 2. The summed E-state index contributed by atoms with van der Waals surface area (Å²) in [6.07, 6.45) is 8.73. The van der Waals surface area contributed by atoms with Crippen LogP contribution in [-0.2, 0) is 0 Å². The lowest BCUT2D eigenvalue weighted by atomic mass is 9.87. The minimum Gasteiger partial charge on any atom is -0.485 e. The number of benzene rings is 8. The minimum atomic E-state index is 0.0614. The molecular weight excluding hydrogens is 669 g/mol. The second-order valence-electron chi connectivity index (χ2n) is 14.4. The average molecular weight is 705 g/mol. The van der Waals surface area contributed by atoms with Gasteiger partial charge in [0.2, 0.25) is 0 Å². The van der Waals surface area contributed by atoms with E-state index in [1.54, 1.807) is 0 Å². The van der Waals surface area contributed by atoms with Crippen molar-refractivity contribution in [2.45, 2.75) is 12.0 Å². The van der Waals surface area contributed by atoms with Crippen LogP contribution in [0.2, 0.25) is 0 Å². The Bertz CT molecular complexity index is 2940. The molecule has 0 saturated carbocycles. The number of hydrogen-bond acceptors (Lipinski definition) is 2. The smallest absolute Gasteiger partial charge is 0.128 e. The van der Waals surface area contributed by atoms with Crippen LogP contribution in [0.15, 0.2) is 206 Å². The second kappa shape index (κ2) is 12.8.